The normalized spacial score (nSPS) is 23.6. The molecule has 4 heteroatoms. The molecule has 0 unspecified atom stereocenters. The van der Waals surface area contributed by atoms with E-state index >= 15 is 0 Å². The number of nitrogens with zero attached hydrogens (tertiary/aromatic N) is 2. The minimum Gasteiger partial charge on any atom is -0.343 e. The van der Waals surface area contributed by atoms with Crippen LogP contribution in [0.3, 0.4) is 0 Å². The van der Waals surface area contributed by atoms with Gasteiger partial charge in [-0.25, -0.2) is 0 Å². The largest absolute Gasteiger partial charge is 0.343 e. The topological polar surface area (TPSA) is 49.6 Å². The Balaban J connectivity index is 1.85. The predicted molar refractivity (Wildman–Crippen MR) is 73.2 cm³/mol. The minimum atomic E-state index is -0.290. The first kappa shape index (κ1) is 13.8. The highest BCUT2D eigenvalue weighted by molar-refractivity contribution is 5.81. The maximum Gasteiger partial charge on any atom is 0.239 e. The van der Waals surface area contributed by atoms with Crippen molar-refractivity contribution in [2.24, 2.45) is 11.7 Å². The minimum absolute atomic E-state index is 0.120. The number of rotatable bonds is 6. The molecule has 0 aromatic rings. The summed E-state index contributed by atoms with van der Waals surface area (Å²) < 4.78 is 0. The van der Waals surface area contributed by atoms with E-state index in [-0.39, 0.29) is 17.5 Å². The summed E-state index contributed by atoms with van der Waals surface area (Å²) in [6, 6.07) is -0.290. The van der Waals surface area contributed by atoms with Gasteiger partial charge in [0, 0.05) is 19.1 Å². The van der Waals surface area contributed by atoms with Gasteiger partial charge in [-0.2, -0.15) is 0 Å². The van der Waals surface area contributed by atoms with E-state index in [4.69, 9.17) is 5.73 Å². The molecule has 18 heavy (non-hydrogen) atoms. The Morgan fingerprint density at radius 3 is 2.33 bits per heavy atom. The van der Waals surface area contributed by atoms with Crippen LogP contribution in [-0.4, -0.2) is 55.0 Å². The van der Waals surface area contributed by atoms with Crippen LogP contribution < -0.4 is 5.73 Å². The number of hydrogen-bond donors (Lipinski definition) is 1. The van der Waals surface area contributed by atoms with E-state index in [0.717, 1.165) is 13.0 Å². The first-order chi connectivity index (χ1) is 8.44. The standard InChI is InChI=1S/C14H27N3O/c1-16(2)14(7-4-8-14)10-17(3)13(18)12(15)9-11-5-6-11/h11-12H,4-10,15H2,1-3H3/t12-/m0/s1. The number of nitrogens with two attached hydrogens (primary N) is 1. The Kier molecular flexibility index (Phi) is 3.97. The molecule has 1 amide bonds. The fourth-order valence-corrected chi connectivity index (χ4v) is 2.95. The zero-order valence-electron chi connectivity index (χ0n) is 12.0. The second kappa shape index (κ2) is 5.17. The number of likely N-dealkylation sites (N-methyl/N-ethyl adjacent to an activating group) is 2. The van der Waals surface area contributed by atoms with Crippen LogP contribution in [0.2, 0.25) is 0 Å². The van der Waals surface area contributed by atoms with Gasteiger partial charge in [-0.1, -0.05) is 12.8 Å². The summed E-state index contributed by atoms with van der Waals surface area (Å²) in [4.78, 5) is 16.4. The van der Waals surface area contributed by atoms with Crippen molar-refractivity contribution in [2.45, 2.75) is 50.1 Å². The van der Waals surface area contributed by atoms with Crippen LogP contribution in [0.5, 0.6) is 0 Å². The molecular formula is C14H27N3O. The van der Waals surface area contributed by atoms with Crippen molar-refractivity contribution in [1.29, 1.82) is 0 Å². The van der Waals surface area contributed by atoms with Crippen molar-refractivity contribution in [2.75, 3.05) is 27.7 Å². The van der Waals surface area contributed by atoms with Crippen LogP contribution in [0, 0.1) is 5.92 Å². The highest BCUT2D eigenvalue weighted by atomic mass is 16.2. The molecule has 4 nitrogen and oxygen atoms in total. The number of amides is 1. The molecule has 1 atom stereocenters. The smallest absolute Gasteiger partial charge is 0.239 e. The van der Waals surface area contributed by atoms with Crippen molar-refractivity contribution in [3.05, 3.63) is 0 Å². The van der Waals surface area contributed by atoms with E-state index in [0.29, 0.717) is 5.92 Å². The van der Waals surface area contributed by atoms with Gasteiger partial charge in [-0.05, 0) is 45.7 Å². The summed E-state index contributed by atoms with van der Waals surface area (Å²) >= 11 is 0. The van der Waals surface area contributed by atoms with Gasteiger partial charge in [0.15, 0.2) is 0 Å². The zero-order valence-corrected chi connectivity index (χ0v) is 12.0. The van der Waals surface area contributed by atoms with E-state index in [2.05, 4.69) is 19.0 Å². The summed E-state index contributed by atoms with van der Waals surface area (Å²) in [7, 11) is 6.13. The molecule has 2 rings (SSSR count). The molecular weight excluding hydrogens is 226 g/mol. The molecule has 2 aliphatic carbocycles. The first-order valence-corrected chi connectivity index (χ1v) is 7.12. The van der Waals surface area contributed by atoms with Gasteiger partial charge in [0.25, 0.3) is 0 Å². The van der Waals surface area contributed by atoms with Crippen molar-refractivity contribution in [3.8, 4) is 0 Å². The molecule has 0 radical (unpaired) electrons. The lowest BCUT2D eigenvalue weighted by Gasteiger charge is -2.49. The van der Waals surface area contributed by atoms with Gasteiger partial charge in [0.2, 0.25) is 5.91 Å². The van der Waals surface area contributed by atoms with Crippen LogP contribution in [0.25, 0.3) is 0 Å². The molecule has 0 heterocycles. The third kappa shape index (κ3) is 2.86. The average Bonchev–Trinajstić information content (AvgIpc) is 3.05. The fourth-order valence-electron chi connectivity index (χ4n) is 2.95. The Morgan fingerprint density at radius 2 is 1.94 bits per heavy atom. The van der Waals surface area contributed by atoms with E-state index in [9.17, 15) is 4.79 Å². The summed E-state index contributed by atoms with van der Waals surface area (Å²) in [5.74, 6) is 0.832. The van der Waals surface area contributed by atoms with E-state index in [1.54, 1.807) is 0 Å². The summed E-state index contributed by atoms with van der Waals surface area (Å²) in [6.07, 6.45) is 7.04. The Hall–Kier alpha value is -0.610. The lowest BCUT2D eigenvalue weighted by atomic mass is 9.75. The maximum atomic E-state index is 12.2. The van der Waals surface area contributed by atoms with Crippen molar-refractivity contribution >= 4 is 5.91 Å². The zero-order chi connectivity index (χ0) is 13.3. The molecule has 0 aromatic carbocycles. The van der Waals surface area contributed by atoms with Gasteiger partial charge < -0.3 is 15.5 Å². The second-order valence-corrected chi connectivity index (χ2v) is 6.45. The molecule has 2 N–H and O–H groups in total. The van der Waals surface area contributed by atoms with Crippen LogP contribution in [0.4, 0.5) is 0 Å². The molecule has 0 aromatic heterocycles. The average molecular weight is 253 g/mol. The highest BCUT2D eigenvalue weighted by Crippen LogP contribution is 2.37. The summed E-state index contributed by atoms with van der Waals surface area (Å²) in [5, 5.41) is 0. The summed E-state index contributed by atoms with van der Waals surface area (Å²) in [6.45, 7) is 0.817. The number of carbonyl (C=O) groups is 1. The molecule has 0 aliphatic heterocycles. The second-order valence-electron chi connectivity index (χ2n) is 6.45. The molecule has 104 valence electrons. The molecule has 0 spiro atoms. The van der Waals surface area contributed by atoms with Crippen molar-refractivity contribution < 1.29 is 4.79 Å². The molecule has 2 saturated carbocycles. The third-order valence-corrected chi connectivity index (χ3v) is 4.74. The van der Waals surface area contributed by atoms with Gasteiger partial charge in [-0.15, -0.1) is 0 Å². The van der Waals surface area contributed by atoms with Crippen LogP contribution in [-0.2, 0) is 4.79 Å². The predicted octanol–water partition coefficient (Wildman–Crippen LogP) is 1.06. The van der Waals surface area contributed by atoms with Crippen LogP contribution >= 0.6 is 0 Å². The van der Waals surface area contributed by atoms with Crippen molar-refractivity contribution in [3.63, 3.8) is 0 Å². The highest BCUT2D eigenvalue weighted by Gasteiger charge is 2.41. The lowest BCUT2D eigenvalue weighted by Crippen LogP contribution is -2.58. The number of carbonyl (C=O) groups excluding carboxylic acids is 1. The van der Waals surface area contributed by atoms with Gasteiger partial charge >= 0.3 is 0 Å². The Bertz CT molecular complexity index is 308. The monoisotopic (exact) mass is 253 g/mol. The van der Waals surface area contributed by atoms with Gasteiger partial charge in [0.05, 0.1) is 6.04 Å². The fraction of sp³-hybridized carbons (Fsp3) is 0.929. The van der Waals surface area contributed by atoms with Crippen LogP contribution in [0.15, 0.2) is 0 Å². The van der Waals surface area contributed by atoms with Gasteiger partial charge in [0.1, 0.15) is 0 Å². The van der Waals surface area contributed by atoms with Crippen molar-refractivity contribution in [1.82, 2.24) is 9.80 Å². The Labute approximate surface area is 110 Å². The molecule has 2 fully saturated rings. The lowest BCUT2D eigenvalue weighted by molar-refractivity contribution is -0.134. The SMILES string of the molecule is CN(CC1(N(C)C)CCC1)C(=O)[C@@H](N)CC1CC1. The number of hydrogen-bond acceptors (Lipinski definition) is 3. The van der Waals surface area contributed by atoms with E-state index < -0.39 is 0 Å². The quantitative estimate of drug-likeness (QED) is 0.770. The van der Waals surface area contributed by atoms with E-state index in [1.165, 1.54) is 32.1 Å². The maximum absolute atomic E-state index is 12.2. The molecule has 0 bridgehead atoms. The molecule has 0 saturated heterocycles. The first-order valence-electron chi connectivity index (χ1n) is 7.12. The summed E-state index contributed by atoms with van der Waals surface area (Å²) in [5.41, 5.74) is 6.21. The van der Waals surface area contributed by atoms with Gasteiger partial charge in [-0.3, -0.25) is 4.79 Å². The molecule has 2 aliphatic rings. The van der Waals surface area contributed by atoms with E-state index in [1.807, 2.05) is 11.9 Å². The van der Waals surface area contributed by atoms with Crippen LogP contribution in [0.1, 0.15) is 38.5 Å². The third-order valence-electron chi connectivity index (χ3n) is 4.74. The Morgan fingerprint density at radius 1 is 1.33 bits per heavy atom.